The van der Waals surface area contributed by atoms with E-state index in [1.165, 1.54) is 24.2 Å². The number of benzene rings is 1. The van der Waals surface area contributed by atoms with Crippen LogP contribution < -0.4 is 4.74 Å². The number of carbonyl (C=O) groups is 2. The number of aromatic nitrogens is 2. The largest absolute Gasteiger partial charge is 0.494 e. The summed E-state index contributed by atoms with van der Waals surface area (Å²) in [7, 11) is 1.54. The number of nitrogens with zero attached hydrogens (tertiary/aromatic N) is 3. The van der Waals surface area contributed by atoms with E-state index in [1.54, 1.807) is 12.1 Å². The van der Waals surface area contributed by atoms with Crippen LogP contribution in [-0.2, 0) is 4.79 Å². The standard InChI is InChI=1S/C16H17N3O5/c1-24-14-5-3-2-4-12(14)19-8-10(7-17-19)15(21)18-9-11(20)6-13(18)16(22)23/h2-5,7-8,11,13,20H,6,9H2,1H3,(H,22,23)/t11-,13+/m1/s1. The third-order valence-corrected chi connectivity index (χ3v) is 3.99. The van der Waals surface area contributed by atoms with E-state index < -0.39 is 24.0 Å². The fourth-order valence-corrected chi connectivity index (χ4v) is 2.82. The number of rotatable bonds is 4. The lowest BCUT2D eigenvalue weighted by molar-refractivity contribution is -0.141. The minimum absolute atomic E-state index is 0.00433. The third-order valence-electron chi connectivity index (χ3n) is 3.99. The van der Waals surface area contributed by atoms with Gasteiger partial charge in [-0.1, -0.05) is 12.1 Å². The minimum atomic E-state index is -1.13. The van der Waals surface area contributed by atoms with Crippen LogP contribution in [-0.4, -0.2) is 62.6 Å². The van der Waals surface area contributed by atoms with Crippen LogP contribution in [0.25, 0.3) is 5.69 Å². The highest BCUT2D eigenvalue weighted by atomic mass is 16.5. The van der Waals surface area contributed by atoms with Crippen molar-refractivity contribution in [1.82, 2.24) is 14.7 Å². The molecule has 126 valence electrons. The number of likely N-dealkylation sites (tertiary alicyclic amines) is 1. The minimum Gasteiger partial charge on any atom is -0.494 e. The molecule has 0 saturated carbocycles. The van der Waals surface area contributed by atoms with Crippen molar-refractivity contribution in [2.75, 3.05) is 13.7 Å². The van der Waals surface area contributed by atoms with E-state index in [4.69, 9.17) is 4.74 Å². The molecule has 8 nitrogen and oxygen atoms in total. The molecule has 0 radical (unpaired) electrons. The Labute approximate surface area is 137 Å². The Hall–Kier alpha value is -2.87. The monoisotopic (exact) mass is 331 g/mol. The lowest BCUT2D eigenvalue weighted by Gasteiger charge is -2.20. The van der Waals surface area contributed by atoms with Crippen LogP contribution in [0.4, 0.5) is 0 Å². The zero-order valence-corrected chi connectivity index (χ0v) is 13.0. The van der Waals surface area contributed by atoms with Gasteiger partial charge in [-0.05, 0) is 12.1 Å². The number of amides is 1. The highest BCUT2D eigenvalue weighted by molar-refractivity contribution is 5.96. The predicted molar refractivity (Wildman–Crippen MR) is 83.2 cm³/mol. The number of aliphatic carboxylic acids is 1. The maximum absolute atomic E-state index is 12.6. The van der Waals surface area contributed by atoms with E-state index in [2.05, 4.69) is 5.10 Å². The highest BCUT2D eigenvalue weighted by Gasteiger charge is 2.39. The second-order valence-electron chi connectivity index (χ2n) is 5.55. The van der Waals surface area contributed by atoms with Crippen molar-refractivity contribution < 1.29 is 24.5 Å². The molecule has 0 aliphatic carbocycles. The maximum atomic E-state index is 12.6. The molecule has 1 aromatic heterocycles. The van der Waals surface area contributed by atoms with E-state index in [9.17, 15) is 19.8 Å². The summed E-state index contributed by atoms with van der Waals surface area (Å²) in [5.74, 6) is -1.00. The summed E-state index contributed by atoms with van der Waals surface area (Å²) in [6, 6.07) is 6.18. The number of para-hydroxylation sites is 2. The van der Waals surface area contributed by atoms with E-state index in [0.29, 0.717) is 11.4 Å². The number of aliphatic hydroxyl groups is 1. The van der Waals surface area contributed by atoms with Crippen LogP contribution in [0.15, 0.2) is 36.7 Å². The number of β-amino-alcohol motifs (C(OH)–C–C–N with tert-alkyl or cyclic N) is 1. The summed E-state index contributed by atoms with van der Waals surface area (Å²) < 4.78 is 6.76. The van der Waals surface area contributed by atoms with Crippen LogP contribution in [0.1, 0.15) is 16.8 Å². The van der Waals surface area contributed by atoms with Gasteiger partial charge < -0.3 is 19.8 Å². The summed E-state index contributed by atoms with van der Waals surface area (Å²) in [5.41, 5.74) is 0.913. The first-order chi connectivity index (χ1) is 11.5. The number of ether oxygens (including phenoxy) is 1. The van der Waals surface area contributed by atoms with Gasteiger partial charge in [-0.3, -0.25) is 4.79 Å². The van der Waals surface area contributed by atoms with Crippen LogP contribution in [0, 0.1) is 0 Å². The SMILES string of the molecule is COc1ccccc1-n1cc(C(=O)N2C[C@H](O)C[C@H]2C(=O)O)cn1. The van der Waals surface area contributed by atoms with Gasteiger partial charge in [-0.25, -0.2) is 9.48 Å². The van der Waals surface area contributed by atoms with Crippen molar-refractivity contribution in [2.24, 2.45) is 0 Å². The fourth-order valence-electron chi connectivity index (χ4n) is 2.82. The van der Waals surface area contributed by atoms with Gasteiger partial charge in [0.05, 0.1) is 25.0 Å². The second-order valence-corrected chi connectivity index (χ2v) is 5.55. The molecular weight excluding hydrogens is 314 g/mol. The summed E-state index contributed by atoms with van der Waals surface area (Å²) >= 11 is 0. The molecule has 1 aliphatic heterocycles. The van der Waals surface area contributed by atoms with Gasteiger partial charge in [0.2, 0.25) is 0 Å². The van der Waals surface area contributed by atoms with Crippen molar-refractivity contribution >= 4 is 11.9 Å². The first-order valence-corrected chi connectivity index (χ1v) is 7.41. The number of aliphatic hydroxyl groups excluding tert-OH is 1. The molecular formula is C16H17N3O5. The quantitative estimate of drug-likeness (QED) is 0.847. The molecule has 0 bridgehead atoms. The average molecular weight is 331 g/mol. The normalized spacial score (nSPS) is 20.2. The molecule has 1 amide bonds. The topological polar surface area (TPSA) is 105 Å². The number of hydrogen-bond acceptors (Lipinski definition) is 5. The molecule has 0 spiro atoms. The summed E-state index contributed by atoms with van der Waals surface area (Å²) in [4.78, 5) is 25.0. The van der Waals surface area contributed by atoms with Crippen LogP contribution >= 0.6 is 0 Å². The predicted octanol–water partition coefficient (Wildman–Crippen LogP) is 0.541. The Morgan fingerprint density at radius 1 is 1.33 bits per heavy atom. The van der Waals surface area contributed by atoms with Crippen LogP contribution in [0.3, 0.4) is 0 Å². The van der Waals surface area contributed by atoms with Crippen molar-refractivity contribution in [1.29, 1.82) is 0 Å². The van der Waals surface area contributed by atoms with Gasteiger partial charge in [0.25, 0.3) is 5.91 Å². The van der Waals surface area contributed by atoms with Gasteiger partial charge >= 0.3 is 5.97 Å². The summed E-state index contributed by atoms with van der Waals surface area (Å²) in [6.07, 6.45) is 2.09. The molecule has 2 atom stereocenters. The molecule has 0 unspecified atom stereocenters. The zero-order chi connectivity index (χ0) is 17.3. The molecule has 24 heavy (non-hydrogen) atoms. The molecule has 2 heterocycles. The van der Waals surface area contributed by atoms with Crippen molar-refractivity contribution in [3.05, 3.63) is 42.2 Å². The Kier molecular flexibility index (Phi) is 4.22. The average Bonchev–Trinajstić information content (AvgIpc) is 3.21. The number of carbonyl (C=O) groups excluding carboxylic acids is 1. The summed E-state index contributed by atoms with van der Waals surface area (Å²) in [5, 5.41) is 23.0. The van der Waals surface area contributed by atoms with E-state index in [0.717, 1.165) is 4.90 Å². The van der Waals surface area contributed by atoms with E-state index in [1.807, 2.05) is 12.1 Å². The Bertz CT molecular complexity index is 773. The molecule has 2 N–H and O–H groups in total. The highest BCUT2D eigenvalue weighted by Crippen LogP contribution is 2.24. The maximum Gasteiger partial charge on any atom is 0.326 e. The van der Waals surface area contributed by atoms with Crippen LogP contribution in [0.2, 0.25) is 0 Å². The number of hydrogen-bond donors (Lipinski definition) is 2. The number of methoxy groups -OCH3 is 1. The van der Waals surface area contributed by atoms with E-state index in [-0.39, 0.29) is 18.5 Å². The van der Waals surface area contributed by atoms with Crippen molar-refractivity contribution in [3.63, 3.8) is 0 Å². The van der Waals surface area contributed by atoms with E-state index >= 15 is 0 Å². The Morgan fingerprint density at radius 2 is 2.08 bits per heavy atom. The van der Waals surface area contributed by atoms with Crippen molar-refractivity contribution in [3.8, 4) is 11.4 Å². The van der Waals surface area contributed by atoms with Gasteiger partial charge in [0.15, 0.2) is 0 Å². The van der Waals surface area contributed by atoms with Crippen LogP contribution in [0.5, 0.6) is 5.75 Å². The molecule has 1 aliphatic rings. The number of carboxylic acid groups (broad SMARTS) is 1. The lowest BCUT2D eigenvalue weighted by atomic mass is 10.2. The van der Waals surface area contributed by atoms with Gasteiger partial charge in [-0.15, -0.1) is 0 Å². The van der Waals surface area contributed by atoms with Crippen molar-refractivity contribution in [2.45, 2.75) is 18.6 Å². The zero-order valence-electron chi connectivity index (χ0n) is 13.0. The first-order valence-electron chi connectivity index (χ1n) is 7.41. The molecule has 1 aromatic carbocycles. The Balaban J connectivity index is 1.88. The molecule has 1 fully saturated rings. The lowest BCUT2D eigenvalue weighted by Crippen LogP contribution is -2.40. The molecule has 1 saturated heterocycles. The Morgan fingerprint density at radius 3 is 2.79 bits per heavy atom. The third kappa shape index (κ3) is 2.83. The molecule has 3 rings (SSSR count). The first kappa shape index (κ1) is 16.0. The van der Waals surface area contributed by atoms with Gasteiger partial charge in [-0.2, -0.15) is 5.10 Å². The molecule has 2 aromatic rings. The second kappa shape index (κ2) is 6.32. The fraction of sp³-hybridized carbons (Fsp3) is 0.312. The molecule has 8 heteroatoms. The number of carboxylic acids is 1. The summed E-state index contributed by atoms with van der Waals surface area (Å²) in [6.45, 7) is -0.00433. The van der Waals surface area contributed by atoms with Gasteiger partial charge in [0, 0.05) is 19.2 Å². The smallest absolute Gasteiger partial charge is 0.326 e. The van der Waals surface area contributed by atoms with Gasteiger partial charge in [0.1, 0.15) is 17.5 Å².